The second kappa shape index (κ2) is 9.07. The largest absolute Gasteiger partial charge is 0.405 e. The zero-order chi connectivity index (χ0) is 21.9. The van der Waals surface area contributed by atoms with Gasteiger partial charge in [-0.1, -0.05) is 43.7 Å². The van der Waals surface area contributed by atoms with Gasteiger partial charge in [0.1, 0.15) is 6.54 Å². The molecular formula is C19H22F3N5O2S. The number of alkyl halides is 3. The molecule has 30 heavy (non-hydrogen) atoms. The highest BCUT2D eigenvalue weighted by molar-refractivity contribution is 8.00. The predicted molar refractivity (Wildman–Crippen MR) is 109 cm³/mol. The second-order valence-electron chi connectivity index (χ2n) is 6.89. The molecule has 0 radical (unpaired) electrons. The molecule has 0 fully saturated rings. The van der Waals surface area contributed by atoms with Gasteiger partial charge in [-0.2, -0.15) is 13.2 Å². The number of aromatic nitrogens is 4. The average molecular weight is 441 g/mol. The van der Waals surface area contributed by atoms with E-state index >= 15 is 0 Å². The molecule has 1 amide bonds. The standard InChI is InChI=1S/C19H22F3N5O2S/c1-3-4-7-10-26-16(29)13-8-5-6-9-14(13)27-17(26)24-25-18(27)30-12(2)15(28)23-11-19(20,21)22/h5-6,8-9,12H,3-4,7,10-11H2,1-2H3,(H,23,28). The molecule has 0 aliphatic rings. The number of nitrogens with zero attached hydrogens (tertiary/aromatic N) is 4. The van der Waals surface area contributed by atoms with Crippen LogP contribution in [0.2, 0.25) is 0 Å². The fraction of sp³-hybridized carbons (Fsp3) is 0.474. The maximum atomic E-state index is 13.0. The zero-order valence-electron chi connectivity index (χ0n) is 16.6. The Labute approximate surface area is 174 Å². The van der Waals surface area contributed by atoms with Crippen molar-refractivity contribution in [2.24, 2.45) is 0 Å². The van der Waals surface area contributed by atoms with Gasteiger partial charge in [0.2, 0.25) is 11.7 Å². The van der Waals surface area contributed by atoms with Crippen LogP contribution in [0.3, 0.4) is 0 Å². The first-order valence-corrected chi connectivity index (χ1v) is 10.5. The average Bonchev–Trinajstić information content (AvgIpc) is 3.11. The number of carbonyl (C=O) groups is 1. The van der Waals surface area contributed by atoms with E-state index in [-0.39, 0.29) is 5.56 Å². The fourth-order valence-corrected chi connectivity index (χ4v) is 3.95. The monoisotopic (exact) mass is 441 g/mol. The summed E-state index contributed by atoms with van der Waals surface area (Å²) in [5, 5.41) is 10.1. The third-order valence-electron chi connectivity index (χ3n) is 4.58. The van der Waals surface area contributed by atoms with Crippen molar-refractivity contribution in [3.8, 4) is 0 Å². The number of unbranched alkanes of at least 4 members (excludes halogenated alkanes) is 2. The van der Waals surface area contributed by atoms with Crippen LogP contribution in [-0.4, -0.2) is 43.0 Å². The van der Waals surface area contributed by atoms with Gasteiger partial charge in [-0.3, -0.25) is 18.6 Å². The van der Waals surface area contributed by atoms with Gasteiger partial charge in [-0.25, -0.2) is 0 Å². The molecule has 3 aromatic rings. The van der Waals surface area contributed by atoms with Crippen LogP contribution in [-0.2, 0) is 11.3 Å². The van der Waals surface area contributed by atoms with Crippen molar-refractivity contribution < 1.29 is 18.0 Å². The normalized spacial score (nSPS) is 13.1. The van der Waals surface area contributed by atoms with Gasteiger partial charge in [-0.15, -0.1) is 10.2 Å². The summed E-state index contributed by atoms with van der Waals surface area (Å²) in [4.78, 5) is 25.0. The molecule has 1 N–H and O–H groups in total. The van der Waals surface area contributed by atoms with Crippen molar-refractivity contribution in [2.45, 2.75) is 56.2 Å². The molecule has 0 spiro atoms. The van der Waals surface area contributed by atoms with Gasteiger partial charge in [0.25, 0.3) is 5.56 Å². The minimum absolute atomic E-state index is 0.172. The van der Waals surface area contributed by atoms with Gasteiger partial charge in [-0.05, 0) is 25.5 Å². The van der Waals surface area contributed by atoms with Gasteiger partial charge in [0.05, 0.1) is 16.2 Å². The van der Waals surface area contributed by atoms with E-state index in [0.717, 1.165) is 31.0 Å². The Balaban J connectivity index is 1.98. The summed E-state index contributed by atoms with van der Waals surface area (Å²) in [5.74, 6) is -0.408. The lowest BCUT2D eigenvalue weighted by molar-refractivity contribution is -0.137. The molecule has 1 aromatic carbocycles. The van der Waals surface area contributed by atoms with Crippen LogP contribution in [0, 0.1) is 0 Å². The highest BCUT2D eigenvalue weighted by atomic mass is 32.2. The van der Waals surface area contributed by atoms with Crippen LogP contribution >= 0.6 is 11.8 Å². The zero-order valence-corrected chi connectivity index (χ0v) is 17.4. The van der Waals surface area contributed by atoms with Crippen molar-refractivity contribution in [1.82, 2.24) is 24.5 Å². The molecule has 3 rings (SSSR count). The van der Waals surface area contributed by atoms with Crippen LogP contribution in [0.15, 0.2) is 34.2 Å². The molecule has 0 saturated heterocycles. The minimum atomic E-state index is -4.48. The molecule has 1 atom stereocenters. The molecule has 162 valence electrons. The number of fused-ring (bicyclic) bond motifs is 3. The van der Waals surface area contributed by atoms with Gasteiger partial charge < -0.3 is 5.32 Å². The van der Waals surface area contributed by atoms with E-state index in [4.69, 9.17) is 0 Å². The van der Waals surface area contributed by atoms with E-state index in [9.17, 15) is 22.8 Å². The Morgan fingerprint density at radius 3 is 2.67 bits per heavy atom. The number of rotatable bonds is 8. The highest BCUT2D eigenvalue weighted by Gasteiger charge is 2.29. The molecule has 11 heteroatoms. The first-order chi connectivity index (χ1) is 14.2. The van der Waals surface area contributed by atoms with Crippen LogP contribution in [0.1, 0.15) is 33.1 Å². The summed E-state index contributed by atoms with van der Waals surface area (Å²) in [6.45, 7) is 2.65. The quantitative estimate of drug-likeness (QED) is 0.428. The minimum Gasteiger partial charge on any atom is -0.346 e. The smallest absolute Gasteiger partial charge is 0.346 e. The van der Waals surface area contributed by atoms with Crippen molar-refractivity contribution in [3.63, 3.8) is 0 Å². The third-order valence-corrected chi connectivity index (χ3v) is 5.62. The van der Waals surface area contributed by atoms with Crippen LogP contribution in [0.25, 0.3) is 16.7 Å². The molecule has 0 aliphatic carbocycles. The first-order valence-electron chi connectivity index (χ1n) is 9.60. The van der Waals surface area contributed by atoms with E-state index in [2.05, 4.69) is 17.1 Å². The number of benzene rings is 1. The van der Waals surface area contributed by atoms with Crippen LogP contribution in [0.4, 0.5) is 13.2 Å². The van der Waals surface area contributed by atoms with Crippen LogP contribution in [0.5, 0.6) is 0 Å². The van der Waals surface area contributed by atoms with E-state index in [0.29, 0.717) is 28.4 Å². The van der Waals surface area contributed by atoms with E-state index in [1.807, 2.05) is 5.32 Å². The Hall–Kier alpha value is -2.56. The predicted octanol–water partition coefficient (Wildman–Crippen LogP) is 3.39. The fourth-order valence-electron chi connectivity index (χ4n) is 3.07. The molecule has 0 bridgehead atoms. The number of hydrogen-bond acceptors (Lipinski definition) is 5. The Morgan fingerprint density at radius 1 is 1.23 bits per heavy atom. The number of halogens is 3. The van der Waals surface area contributed by atoms with E-state index in [1.165, 1.54) is 6.92 Å². The lowest BCUT2D eigenvalue weighted by Gasteiger charge is -2.14. The summed E-state index contributed by atoms with van der Waals surface area (Å²) in [7, 11) is 0. The number of carbonyl (C=O) groups excluding carboxylic acids is 1. The summed E-state index contributed by atoms with van der Waals surface area (Å²) in [6.07, 6.45) is -1.73. The maximum Gasteiger partial charge on any atom is 0.405 e. The Bertz CT molecular complexity index is 1110. The van der Waals surface area contributed by atoms with Crippen molar-refractivity contribution in [2.75, 3.05) is 6.54 Å². The topological polar surface area (TPSA) is 81.3 Å². The number of thioether (sulfide) groups is 1. The first kappa shape index (κ1) is 22.1. The molecular weight excluding hydrogens is 419 g/mol. The summed E-state index contributed by atoms with van der Waals surface area (Å²) in [5.41, 5.74) is 0.411. The molecule has 7 nitrogen and oxygen atoms in total. The lowest BCUT2D eigenvalue weighted by atomic mass is 10.2. The van der Waals surface area contributed by atoms with E-state index < -0.39 is 23.9 Å². The number of aryl methyl sites for hydroxylation is 1. The number of hydrogen-bond donors (Lipinski definition) is 1. The van der Waals surface area contributed by atoms with Crippen molar-refractivity contribution >= 4 is 34.3 Å². The summed E-state index contributed by atoms with van der Waals surface area (Å²) in [6, 6.07) is 7.00. The van der Waals surface area contributed by atoms with Gasteiger partial charge in [0, 0.05) is 6.54 Å². The lowest BCUT2D eigenvalue weighted by Crippen LogP contribution is -2.38. The molecule has 0 aliphatic heterocycles. The Morgan fingerprint density at radius 2 is 1.97 bits per heavy atom. The number of para-hydroxylation sites is 1. The SMILES string of the molecule is CCCCCn1c(=O)c2ccccc2n2c(SC(C)C(=O)NCC(F)(F)F)nnc12. The number of amides is 1. The third kappa shape index (κ3) is 4.77. The summed E-state index contributed by atoms with van der Waals surface area (Å²) >= 11 is 0.991. The van der Waals surface area contributed by atoms with Gasteiger partial charge >= 0.3 is 6.18 Å². The van der Waals surface area contributed by atoms with Crippen molar-refractivity contribution in [3.05, 3.63) is 34.6 Å². The summed E-state index contributed by atoms with van der Waals surface area (Å²) < 4.78 is 40.3. The highest BCUT2D eigenvalue weighted by Crippen LogP contribution is 2.25. The molecule has 1 unspecified atom stereocenters. The van der Waals surface area contributed by atoms with Crippen LogP contribution < -0.4 is 10.9 Å². The molecule has 2 heterocycles. The van der Waals surface area contributed by atoms with Crippen molar-refractivity contribution in [1.29, 1.82) is 0 Å². The maximum absolute atomic E-state index is 13.0. The molecule has 2 aromatic heterocycles. The Kier molecular flexibility index (Phi) is 6.69. The van der Waals surface area contributed by atoms with E-state index in [1.54, 1.807) is 33.2 Å². The second-order valence-corrected chi connectivity index (χ2v) is 8.20. The van der Waals surface area contributed by atoms with Gasteiger partial charge in [0.15, 0.2) is 5.16 Å². The molecule has 0 saturated carbocycles. The number of nitrogens with one attached hydrogen (secondary N) is 1.